The Kier molecular flexibility index (Phi) is 4.81. The van der Waals surface area contributed by atoms with Crippen LogP contribution < -0.4 is 10.2 Å². The van der Waals surface area contributed by atoms with E-state index in [4.69, 9.17) is 5.53 Å². The first kappa shape index (κ1) is 15.0. The lowest BCUT2D eigenvalue weighted by atomic mass is 9.95. The van der Waals surface area contributed by atoms with Crippen molar-refractivity contribution >= 4 is 24.0 Å². The average Bonchev–Trinajstić information content (AvgIpc) is 2.45. The van der Waals surface area contributed by atoms with Crippen LogP contribution in [0.15, 0.2) is 5.11 Å². The smallest absolute Gasteiger partial charge is 0.0457 e. The molecule has 1 N–H and O–H groups in total. The molecule has 1 saturated heterocycles. The Morgan fingerprint density at radius 3 is 2.40 bits per heavy atom. The fourth-order valence-corrected chi connectivity index (χ4v) is 3.51. The first-order chi connectivity index (χ1) is 9.61. The third-order valence-corrected chi connectivity index (χ3v) is 4.38. The highest BCUT2D eigenvalue weighted by Crippen LogP contribution is 2.39. The number of azide groups is 1. The van der Waals surface area contributed by atoms with E-state index in [1.165, 1.54) is 16.8 Å². The highest BCUT2D eigenvalue weighted by molar-refractivity contribution is 7.79. The first-order valence-electron chi connectivity index (χ1n) is 6.86. The molecule has 0 amide bonds. The number of hydrogen-bond acceptors (Lipinski definition) is 4. The summed E-state index contributed by atoms with van der Waals surface area (Å²) in [6.45, 7) is 10.1. The molecule has 0 aliphatic carbocycles. The van der Waals surface area contributed by atoms with Gasteiger partial charge in [-0.1, -0.05) is 5.11 Å². The summed E-state index contributed by atoms with van der Waals surface area (Å²) in [7, 11) is 0. The molecule has 1 aromatic rings. The van der Waals surface area contributed by atoms with Gasteiger partial charge in [0.1, 0.15) is 0 Å². The number of nitrogens with zero attached hydrogens (tertiary/aromatic N) is 4. The molecule has 0 atom stereocenters. The molecule has 1 heterocycles. The zero-order valence-electron chi connectivity index (χ0n) is 12.3. The molecular weight excluding hydrogens is 270 g/mol. The van der Waals surface area contributed by atoms with Crippen molar-refractivity contribution in [1.29, 1.82) is 0 Å². The van der Waals surface area contributed by atoms with Crippen LogP contribution in [0.1, 0.15) is 22.3 Å². The van der Waals surface area contributed by atoms with Gasteiger partial charge in [-0.05, 0) is 48.6 Å². The number of thiol groups is 1. The van der Waals surface area contributed by atoms with Crippen LogP contribution in [0.5, 0.6) is 0 Å². The van der Waals surface area contributed by atoms with Crippen molar-refractivity contribution in [2.45, 2.75) is 26.5 Å². The highest BCUT2D eigenvalue weighted by atomic mass is 32.1. The quantitative estimate of drug-likeness (QED) is 0.388. The van der Waals surface area contributed by atoms with E-state index >= 15 is 0 Å². The third kappa shape index (κ3) is 2.59. The lowest BCUT2D eigenvalue weighted by Gasteiger charge is -2.34. The Morgan fingerprint density at radius 2 is 1.85 bits per heavy atom. The van der Waals surface area contributed by atoms with Crippen LogP contribution in [0.3, 0.4) is 0 Å². The van der Waals surface area contributed by atoms with Gasteiger partial charge in [0, 0.05) is 48.2 Å². The largest absolute Gasteiger partial charge is 0.369 e. The lowest BCUT2D eigenvalue weighted by Crippen LogP contribution is -2.44. The van der Waals surface area contributed by atoms with Gasteiger partial charge in [0.2, 0.25) is 0 Å². The van der Waals surface area contributed by atoms with Crippen LogP contribution in [0.25, 0.3) is 10.4 Å². The summed E-state index contributed by atoms with van der Waals surface area (Å²) < 4.78 is 0. The highest BCUT2D eigenvalue weighted by Gasteiger charge is 2.21. The number of benzene rings is 1. The minimum atomic E-state index is 0.658. The van der Waals surface area contributed by atoms with Crippen molar-refractivity contribution < 1.29 is 0 Å². The van der Waals surface area contributed by atoms with Crippen molar-refractivity contribution in [3.63, 3.8) is 0 Å². The maximum Gasteiger partial charge on any atom is 0.0457 e. The summed E-state index contributed by atoms with van der Waals surface area (Å²) >= 11 is 4.44. The summed E-state index contributed by atoms with van der Waals surface area (Å²) in [5.41, 5.74) is 15.3. The molecule has 20 heavy (non-hydrogen) atoms. The minimum absolute atomic E-state index is 0.658. The molecule has 1 fully saturated rings. The zero-order valence-corrected chi connectivity index (χ0v) is 13.2. The molecular formula is C14H21N5S. The lowest BCUT2D eigenvalue weighted by molar-refractivity contribution is 0.587. The summed E-state index contributed by atoms with van der Waals surface area (Å²) in [4.78, 5) is 5.37. The summed E-state index contributed by atoms with van der Waals surface area (Å²) in [6.07, 6.45) is 0. The van der Waals surface area contributed by atoms with Crippen LogP contribution in [-0.2, 0) is 5.75 Å². The van der Waals surface area contributed by atoms with Crippen molar-refractivity contribution in [3.05, 3.63) is 32.7 Å². The van der Waals surface area contributed by atoms with E-state index in [2.05, 4.69) is 39.8 Å². The van der Waals surface area contributed by atoms with Crippen molar-refractivity contribution in [3.8, 4) is 0 Å². The predicted octanol–water partition coefficient (Wildman–Crippen LogP) is 3.39. The van der Waals surface area contributed by atoms with Gasteiger partial charge in [-0.25, -0.2) is 0 Å². The molecule has 1 aromatic carbocycles. The Bertz CT molecular complexity index is 557. The van der Waals surface area contributed by atoms with E-state index in [0.29, 0.717) is 5.75 Å². The zero-order chi connectivity index (χ0) is 14.7. The molecule has 6 heteroatoms. The molecule has 1 aliphatic rings. The van der Waals surface area contributed by atoms with Gasteiger partial charge < -0.3 is 10.2 Å². The number of rotatable bonds is 3. The SMILES string of the molecule is Cc1c(CS)c(C)c(N2CCNCC2)c(C)c1N=[N+]=[N-]. The van der Waals surface area contributed by atoms with Gasteiger partial charge in [0.15, 0.2) is 0 Å². The second kappa shape index (κ2) is 6.39. The van der Waals surface area contributed by atoms with Gasteiger partial charge in [-0.15, -0.1) is 0 Å². The molecule has 0 bridgehead atoms. The summed E-state index contributed by atoms with van der Waals surface area (Å²) in [6, 6.07) is 0. The van der Waals surface area contributed by atoms with Gasteiger partial charge in [-0.3, -0.25) is 0 Å². The van der Waals surface area contributed by atoms with E-state index in [9.17, 15) is 0 Å². The van der Waals surface area contributed by atoms with Crippen molar-refractivity contribution in [1.82, 2.24) is 5.32 Å². The fraction of sp³-hybridized carbons (Fsp3) is 0.571. The van der Waals surface area contributed by atoms with Crippen LogP contribution in [0.2, 0.25) is 0 Å². The fourth-order valence-electron chi connectivity index (χ4n) is 3.04. The normalized spacial score (nSPS) is 15.1. The van der Waals surface area contributed by atoms with Crippen molar-refractivity contribution in [2.75, 3.05) is 31.1 Å². The monoisotopic (exact) mass is 291 g/mol. The van der Waals surface area contributed by atoms with E-state index in [1.807, 2.05) is 13.8 Å². The Balaban J connectivity index is 2.65. The summed E-state index contributed by atoms with van der Waals surface area (Å²) in [5.74, 6) is 0.658. The Morgan fingerprint density at radius 1 is 1.20 bits per heavy atom. The number of nitrogens with one attached hydrogen (secondary N) is 1. The maximum absolute atomic E-state index is 8.82. The predicted molar refractivity (Wildman–Crippen MR) is 87.2 cm³/mol. The van der Waals surface area contributed by atoms with Crippen LogP contribution in [0, 0.1) is 20.8 Å². The van der Waals surface area contributed by atoms with E-state index in [1.54, 1.807) is 0 Å². The molecule has 0 aromatic heterocycles. The summed E-state index contributed by atoms with van der Waals surface area (Å²) in [5, 5.41) is 7.28. The standard InChI is InChI=1S/C14H21N5S/c1-9-12(8-20)10(2)14(11(3)13(9)17-18-15)19-6-4-16-5-7-19/h16,20H,4-8H2,1-3H3. The molecule has 0 saturated carbocycles. The topological polar surface area (TPSA) is 64.0 Å². The second-order valence-electron chi connectivity index (χ2n) is 5.14. The molecule has 108 valence electrons. The van der Waals surface area contributed by atoms with Crippen LogP contribution >= 0.6 is 12.6 Å². The van der Waals surface area contributed by atoms with Gasteiger partial charge in [0.05, 0.1) is 0 Å². The molecule has 1 aliphatic heterocycles. The van der Waals surface area contributed by atoms with Crippen LogP contribution in [0.4, 0.5) is 11.4 Å². The molecule has 5 nitrogen and oxygen atoms in total. The number of piperazine rings is 1. The maximum atomic E-state index is 8.82. The van der Waals surface area contributed by atoms with E-state index in [-0.39, 0.29) is 0 Å². The first-order valence-corrected chi connectivity index (χ1v) is 7.49. The molecule has 0 radical (unpaired) electrons. The van der Waals surface area contributed by atoms with Gasteiger partial charge in [-0.2, -0.15) is 12.6 Å². The van der Waals surface area contributed by atoms with Crippen molar-refractivity contribution in [2.24, 2.45) is 5.11 Å². The van der Waals surface area contributed by atoms with Gasteiger partial charge in [0.25, 0.3) is 0 Å². The molecule has 2 rings (SSSR count). The van der Waals surface area contributed by atoms with E-state index in [0.717, 1.165) is 43.0 Å². The molecule has 0 unspecified atom stereocenters. The Hall–Kier alpha value is -1.36. The number of anilines is 1. The second-order valence-corrected chi connectivity index (χ2v) is 5.45. The Labute approximate surface area is 125 Å². The van der Waals surface area contributed by atoms with Gasteiger partial charge >= 0.3 is 0 Å². The van der Waals surface area contributed by atoms with Crippen LogP contribution in [-0.4, -0.2) is 26.2 Å². The number of hydrogen-bond donors (Lipinski definition) is 2. The molecule has 0 spiro atoms. The van der Waals surface area contributed by atoms with E-state index < -0.39 is 0 Å². The third-order valence-electron chi connectivity index (χ3n) is 4.06. The minimum Gasteiger partial charge on any atom is -0.369 e. The average molecular weight is 291 g/mol.